The number of amides is 2. The van der Waals surface area contributed by atoms with Gasteiger partial charge in [-0.2, -0.15) is 4.98 Å². The minimum absolute atomic E-state index is 0.159. The molecule has 0 aliphatic heterocycles. The number of hydrogen-bond donors (Lipinski definition) is 4. The Morgan fingerprint density at radius 1 is 1.12 bits per heavy atom. The van der Waals surface area contributed by atoms with Crippen LogP contribution in [0.5, 0.6) is 0 Å². The summed E-state index contributed by atoms with van der Waals surface area (Å²) in [4.78, 5) is 20.5. The van der Waals surface area contributed by atoms with Crippen molar-refractivity contribution in [1.29, 1.82) is 0 Å². The molecule has 0 bridgehead atoms. The molecule has 1 aromatic carbocycles. The van der Waals surface area contributed by atoms with Crippen molar-refractivity contribution in [3.05, 3.63) is 40.0 Å². The predicted octanol–water partition coefficient (Wildman–Crippen LogP) is 3.92. The Hall–Kier alpha value is -2.09. The molecule has 0 spiro atoms. The van der Waals surface area contributed by atoms with Gasteiger partial charge in [-0.3, -0.25) is 5.32 Å². The van der Waals surface area contributed by atoms with Gasteiger partial charge in [0.05, 0.1) is 10.0 Å². The van der Waals surface area contributed by atoms with Crippen LogP contribution >= 0.6 is 23.2 Å². The van der Waals surface area contributed by atoms with E-state index in [4.69, 9.17) is 28.3 Å². The summed E-state index contributed by atoms with van der Waals surface area (Å²) in [6, 6.07) is 6.07. The first-order valence-corrected chi connectivity index (χ1v) is 8.47. The molecule has 1 aromatic heterocycles. The zero-order valence-electron chi connectivity index (χ0n) is 13.6. The van der Waals surface area contributed by atoms with E-state index >= 15 is 0 Å². The van der Waals surface area contributed by atoms with Gasteiger partial charge < -0.3 is 15.7 Å². The molecule has 0 radical (unpaired) electrons. The molecule has 1 heterocycles. The summed E-state index contributed by atoms with van der Waals surface area (Å²) >= 11 is 11.8. The van der Waals surface area contributed by atoms with Crippen LogP contribution < -0.4 is 16.0 Å². The van der Waals surface area contributed by atoms with Crippen LogP contribution in [0.4, 0.5) is 22.2 Å². The van der Waals surface area contributed by atoms with Crippen LogP contribution in [0.1, 0.15) is 18.5 Å². The first-order chi connectivity index (χ1) is 12.0. The summed E-state index contributed by atoms with van der Waals surface area (Å²) in [6.45, 7) is 2.64. The second-order valence-corrected chi connectivity index (χ2v) is 6.10. The highest BCUT2D eigenvalue weighted by atomic mass is 35.5. The molecular weight excluding hydrogens is 365 g/mol. The Balaban J connectivity index is 1.97. The second kappa shape index (κ2) is 9.41. The maximum Gasteiger partial charge on any atom is 0.326 e. The highest BCUT2D eigenvalue weighted by Gasteiger charge is 2.08. The third-order valence-electron chi connectivity index (χ3n) is 3.15. The third kappa shape index (κ3) is 6.38. The maximum absolute atomic E-state index is 12.1. The van der Waals surface area contributed by atoms with Crippen molar-refractivity contribution in [2.45, 2.75) is 19.8 Å². The van der Waals surface area contributed by atoms with E-state index in [1.165, 1.54) is 0 Å². The Morgan fingerprint density at radius 3 is 2.64 bits per heavy atom. The molecule has 0 saturated heterocycles. The number of unbranched alkanes of at least 4 members (excludes halogenated alkanes) is 1. The lowest BCUT2D eigenvalue weighted by molar-refractivity contribution is 0.262. The zero-order chi connectivity index (χ0) is 18.2. The average molecular weight is 384 g/mol. The van der Waals surface area contributed by atoms with Gasteiger partial charge in [0.2, 0.25) is 5.95 Å². The van der Waals surface area contributed by atoms with Gasteiger partial charge >= 0.3 is 6.03 Å². The smallest absolute Gasteiger partial charge is 0.326 e. The second-order valence-electron chi connectivity index (χ2n) is 5.28. The fourth-order valence-electron chi connectivity index (χ4n) is 2.01. The molecule has 134 valence electrons. The fourth-order valence-corrected chi connectivity index (χ4v) is 2.30. The van der Waals surface area contributed by atoms with Gasteiger partial charge in [-0.25, -0.2) is 9.78 Å². The van der Waals surface area contributed by atoms with Gasteiger partial charge in [0.25, 0.3) is 0 Å². The largest absolute Gasteiger partial charge is 0.396 e. The van der Waals surface area contributed by atoms with E-state index in [9.17, 15) is 4.79 Å². The number of halogens is 2. The minimum atomic E-state index is -0.491. The fraction of sp³-hybridized carbons (Fsp3) is 0.312. The first-order valence-electron chi connectivity index (χ1n) is 7.71. The molecule has 25 heavy (non-hydrogen) atoms. The van der Waals surface area contributed by atoms with Crippen LogP contribution in [0.25, 0.3) is 0 Å². The Labute approximate surface area is 155 Å². The molecule has 0 aliphatic carbocycles. The third-order valence-corrected chi connectivity index (χ3v) is 3.89. The van der Waals surface area contributed by atoms with E-state index < -0.39 is 6.03 Å². The summed E-state index contributed by atoms with van der Waals surface area (Å²) < 4.78 is 0. The number of aliphatic hydroxyl groups excluding tert-OH is 1. The molecule has 0 saturated carbocycles. The number of rotatable bonds is 7. The highest BCUT2D eigenvalue weighted by Crippen LogP contribution is 2.25. The topological polar surface area (TPSA) is 99.2 Å². The van der Waals surface area contributed by atoms with Crippen molar-refractivity contribution < 1.29 is 9.90 Å². The van der Waals surface area contributed by atoms with Gasteiger partial charge in [0.15, 0.2) is 0 Å². The highest BCUT2D eigenvalue weighted by molar-refractivity contribution is 6.42. The van der Waals surface area contributed by atoms with Crippen LogP contribution in [0.15, 0.2) is 24.3 Å². The number of carbonyl (C=O) groups excluding carboxylic acids is 1. The molecule has 9 heteroatoms. The maximum atomic E-state index is 12.1. The average Bonchev–Trinajstić information content (AvgIpc) is 2.54. The van der Waals surface area contributed by atoms with Crippen LogP contribution in [-0.4, -0.2) is 34.3 Å². The molecule has 0 atom stereocenters. The Morgan fingerprint density at radius 2 is 1.92 bits per heavy atom. The number of nitrogens with zero attached hydrogens (tertiary/aromatic N) is 2. The summed E-state index contributed by atoms with van der Waals surface area (Å²) in [5, 5.41) is 17.9. The van der Waals surface area contributed by atoms with Gasteiger partial charge in [-0.1, -0.05) is 23.2 Å². The summed E-state index contributed by atoms with van der Waals surface area (Å²) in [7, 11) is 0. The quantitative estimate of drug-likeness (QED) is 0.543. The zero-order valence-corrected chi connectivity index (χ0v) is 15.2. The summed E-state index contributed by atoms with van der Waals surface area (Å²) in [6.07, 6.45) is 1.54. The van der Waals surface area contributed by atoms with E-state index in [2.05, 4.69) is 25.9 Å². The molecule has 4 N–H and O–H groups in total. The van der Waals surface area contributed by atoms with Gasteiger partial charge in [0, 0.05) is 30.6 Å². The lowest BCUT2D eigenvalue weighted by Gasteiger charge is -2.10. The Bertz CT molecular complexity index is 742. The van der Waals surface area contributed by atoms with E-state index in [1.54, 1.807) is 24.3 Å². The summed E-state index contributed by atoms with van der Waals surface area (Å²) in [5.41, 5.74) is 1.21. The van der Waals surface area contributed by atoms with Crippen molar-refractivity contribution in [3.8, 4) is 0 Å². The van der Waals surface area contributed by atoms with Crippen LogP contribution in [0.2, 0.25) is 10.0 Å². The van der Waals surface area contributed by atoms with Crippen molar-refractivity contribution in [1.82, 2.24) is 9.97 Å². The molecule has 7 nitrogen and oxygen atoms in total. The number of aromatic nitrogens is 2. The molecule has 2 rings (SSSR count). The van der Waals surface area contributed by atoms with Gasteiger partial charge in [-0.15, -0.1) is 0 Å². The first kappa shape index (κ1) is 19.2. The minimum Gasteiger partial charge on any atom is -0.396 e. The summed E-state index contributed by atoms with van der Waals surface area (Å²) in [5.74, 6) is 0.789. The monoisotopic (exact) mass is 383 g/mol. The van der Waals surface area contributed by atoms with Gasteiger partial charge in [-0.05, 0) is 38.0 Å². The lowest BCUT2D eigenvalue weighted by atomic mass is 10.3. The number of urea groups is 1. The van der Waals surface area contributed by atoms with E-state index in [1.807, 2.05) is 6.92 Å². The van der Waals surface area contributed by atoms with Crippen molar-refractivity contribution >= 4 is 46.7 Å². The van der Waals surface area contributed by atoms with Crippen LogP contribution in [0.3, 0.4) is 0 Å². The predicted molar refractivity (Wildman–Crippen MR) is 101 cm³/mol. The van der Waals surface area contributed by atoms with E-state index in [0.717, 1.165) is 6.42 Å². The van der Waals surface area contributed by atoms with Crippen molar-refractivity contribution in [3.63, 3.8) is 0 Å². The number of anilines is 3. The normalized spacial score (nSPS) is 10.4. The van der Waals surface area contributed by atoms with Crippen molar-refractivity contribution in [2.24, 2.45) is 0 Å². The number of aliphatic hydroxyl groups is 1. The lowest BCUT2D eigenvalue weighted by Crippen LogP contribution is -2.21. The standard InChI is InChI=1S/C16H19Cl2N5O2/c1-10-8-14(19-6-2-3-7-24)22-15(20-10)23-16(25)21-11-4-5-12(17)13(18)9-11/h4-5,8-9,24H,2-3,6-7H2,1H3,(H3,19,20,21,22,23,25). The molecule has 0 unspecified atom stereocenters. The Kier molecular flexibility index (Phi) is 7.24. The number of carbonyl (C=O) groups is 1. The van der Waals surface area contributed by atoms with Crippen molar-refractivity contribution in [2.75, 3.05) is 29.1 Å². The molecule has 2 aromatic rings. The number of aryl methyl sites for hydroxylation is 1. The number of nitrogens with one attached hydrogen (secondary N) is 3. The SMILES string of the molecule is Cc1cc(NCCCCO)nc(NC(=O)Nc2ccc(Cl)c(Cl)c2)n1. The molecule has 2 amide bonds. The molecular formula is C16H19Cl2N5O2. The van der Waals surface area contributed by atoms with Crippen LogP contribution in [0, 0.1) is 6.92 Å². The molecule has 0 fully saturated rings. The van der Waals surface area contributed by atoms with Crippen LogP contribution in [-0.2, 0) is 0 Å². The number of benzene rings is 1. The number of hydrogen-bond acceptors (Lipinski definition) is 5. The molecule has 0 aliphatic rings. The van der Waals surface area contributed by atoms with E-state index in [0.29, 0.717) is 40.2 Å². The van der Waals surface area contributed by atoms with Gasteiger partial charge in [0.1, 0.15) is 5.82 Å². The van der Waals surface area contributed by atoms with E-state index in [-0.39, 0.29) is 12.6 Å².